The number of rotatable bonds is 8. The molecule has 0 fully saturated rings. The monoisotopic (exact) mass is 534 g/mol. The molecule has 0 saturated carbocycles. The van der Waals surface area contributed by atoms with Gasteiger partial charge in [0, 0.05) is 37.5 Å². The third-order valence-electron chi connectivity index (χ3n) is 1.70. The number of hydrogen-bond acceptors (Lipinski definition) is 8. The van der Waals surface area contributed by atoms with Gasteiger partial charge >= 0.3 is 0 Å². The van der Waals surface area contributed by atoms with Crippen LogP contribution in [0.5, 0.6) is 0 Å². The Morgan fingerprint density at radius 1 is 0.440 bits per heavy atom. The van der Waals surface area contributed by atoms with Crippen LogP contribution < -0.4 is 0 Å². The van der Waals surface area contributed by atoms with Gasteiger partial charge < -0.3 is 50.5 Å². The molecule has 0 spiro atoms. The smallest absolute Gasteiger partial charge is 0.00166 e. The van der Waals surface area contributed by atoms with Crippen LogP contribution in [0.15, 0.2) is 16.9 Å². The van der Waals surface area contributed by atoms with Crippen molar-refractivity contribution in [1.82, 2.24) is 0 Å². The Morgan fingerprint density at radius 3 is 0.640 bits per heavy atom. The maximum absolute atomic E-state index is 5.17. The van der Waals surface area contributed by atoms with Crippen LogP contribution in [0.3, 0.4) is 0 Å². The van der Waals surface area contributed by atoms with Gasteiger partial charge in [-0.1, -0.05) is 55.4 Å². The first-order chi connectivity index (χ1) is 10.9. The fourth-order valence-electron chi connectivity index (χ4n) is 1.05. The second-order valence-electron chi connectivity index (χ2n) is 5.82. The molecule has 0 aliphatic heterocycles. The summed E-state index contributed by atoms with van der Waals surface area (Å²) in [6, 6.07) is 0. The Morgan fingerprint density at radius 2 is 0.560 bits per heavy atom. The van der Waals surface area contributed by atoms with Crippen LogP contribution in [0.2, 0.25) is 0 Å². The third-order valence-corrected chi connectivity index (χ3v) is 8.27. The van der Waals surface area contributed by atoms with Gasteiger partial charge in [-0.25, -0.2) is 0 Å². The number of hydrogen-bond donors (Lipinski definition) is 0. The van der Waals surface area contributed by atoms with Crippen molar-refractivity contribution in [3.63, 3.8) is 0 Å². The molecule has 0 aromatic rings. The molecule has 0 heterocycles. The van der Waals surface area contributed by atoms with Crippen molar-refractivity contribution in [2.75, 3.05) is 0 Å². The molecular weight excluding hydrogens is 507 g/mol. The van der Waals surface area contributed by atoms with E-state index in [1.54, 1.807) is 47.0 Å². The zero-order valence-electron chi connectivity index (χ0n) is 15.9. The Labute approximate surface area is 205 Å². The van der Waals surface area contributed by atoms with E-state index in [-0.39, 0.29) is 16.5 Å². The summed E-state index contributed by atoms with van der Waals surface area (Å²) in [4.78, 5) is 0. The molecule has 0 bridgehead atoms. The number of thioether (sulfide) groups is 4. The maximum atomic E-state index is 5.17. The van der Waals surface area contributed by atoms with E-state index in [2.05, 4.69) is 55.4 Å². The minimum atomic E-state index is 0. The first-order valence-corrected chi connectivity index (χ1v) is 12.8. The molecule has 0 radical (unpaired) electrons. The predicted octanol–water partition coefficient (Wildman–Crippen LogP) is 6.98. The summed E-state index contributed by atoms with van der Waals surface area (Å²) in [5.74, 6) is 0. The van der Waals surface area contributed by atoms with Crippen molar-refractivity contribution in [2.45, 2.75) is 76.4 Å². The SMILES string of the molecule is CC(C)S/C([S-])=C(/[S-])SC(C)C.CC(C)S/C([S-])=C(/[S-])SC(C)C.[Ni]. The molecule has 0 aromatic heterocycles. The van der Waals surface area contributed by atoms with Gasteiger partial charge in [-0.3, -0.25) is 0 Å². The van der Waals surface area contributed by atoms with Crippen LogP contribution in [-0.4, -0.2) is 21.0 Å². The van der Waals surface area contributed by atoms with Crippen LogP contribution in [0.4, 0.5) is 0 Å². The van der Waals surface area contributed by atoms with E-state index in [0.717, 1.165) is 16.9 Å². The minimum Gasteiger partial charge on any atom is -0.774 e. The second kappa shape index (κ2) is 18.3. The summed E-state index contributed by atoms with van der Waals surface area (Å²) in [6.07, 6.45) is 0. The summed E-state index contributed by atoms with van der Waals surface area (Å²) >= 11 is 27.4. The van der Waals surface area contributed by atoms with Gasteiger partial charge in [0.1, 0.15) is 0 Å². The molecule has 9 heteroatoms. The van der Waals surface area contributed by atoms with Crippen molar-refractivity contribution < 1.29 is 16.5 Å². The topological polar surface area (TPSA) is 0 Å². The van der Waals surface area contributed by atoms with Crippen molar-refractivity contribution >= 4 is 97.6 Å². The van der Waals surface area contributed by atoms with Gasteiger partial charge in [0.15, 0.2) is 0 Å². The van der Waals surface area contributed by atoms with Crippen LogP contribution in [0.1, 0.15) is 55.4 Å². The van der Waals surface area contributed by atoms with E-state index in [9.17, 15) is 0 Å². The van der Waals surface area contributed by atoms with Gasteiger partial charge in [-0.2, -0.15) is 64.0 Å². The van der Waals surface area contributed by atoms with Crippen molar-refractivity contribution in [1.29, 1.82) is 0 Å². The molecule has 0 rings (SSSR count). The summed E-state index contributed by atoms with van der Waals surface area (Å²) in [7, 11) is 0. The molecule has 0 nitrogen and oxygen atoms in total. The molecular formula is C16H28NiS8-4. The van der Waals surface area contributed by atoms with Crippen molar-refractivity contribution in [2.24, 2.45) is 0 Å². The van der Waals surface area contributed by atoms with Crippen LogP contribution in [0.25, 0.3) is 0 Å². The van der Waals surface area contributed by atoms with Gasteiger partial charge in [-0.15, -0.1) is 0 Å². The average Bonchev–Trinajstić information content (AvgIpc) is 2.36. The molecule has 25 heavy (non-hydrogen) atoms. The van der Waals surface area contributed by atoms with Crippen LogP contribution >= 0.6 is 47.0 Å². The molecule has 0 aliphatic rings. The molecule has 0 unspecified atom stereocenters. The molecule has 0 amide bonds. The predicted molar refractivity (Wildman–Crippen MR) is 134 cm³/mol. The standard InChI is InChI=1S/2C8H16S4.Ni/c2*1-5(2)11-7(9)8(10)12-6(3)4;/h2*5-6,9-10H,1-4H3;/p-4/b2*8-7-;. The Hall–Kier alpha value is 2.25. The molecule has 0 N–H and O–H groups in total. The first-order valence-electron chi connectivity index (χ1n) is 7.69. The third kappa shape index (κ3) is 22.4. The molecule has 0 saturated heterocycles. The van der Waals surface area contributed by atoms with Crippen molar-refractivity contribution in [3.05, 3.63) is 16.9 Å². The fourth-order valence-corrected chi connectivity index (χ4v) is 6.61. The zero-order valence-corrected chi connectivity index (χ0v) is 23.4. The van der Waals surface area contributed by atoms with Crippen LogP contribution in [-0.2, 0) is 67.0 Å². The van der Waals surface area contributed by atoms with Crippen LogP contribution in [0, 0.1) is 0 Å². The van der Waals surface area contributed by atoms with Gasteiger partial charge in [-0.05, 0) is 0 Å². The molecule has 0 aromatic carbocycles. The molecule has 0 atom stereocenters. The largest absolute Gasteiger partial charge is 0.774 e. The summed E-state index contributed by atoms with van der Waals surface area (Å²) < 4.78 is 3.50. The summed E-state index contributed by atoms with van der Waals surface area (Å²) in [5, 5.41) is 2.12. The summed E-state index contributed by atoms with van der Waals surface area (Å²) in [6.45, 7) is 17.0. The summed E-state index contributed by atoms with van der Waals surface area (Å²) in [5.41, 5.74) is 0. The van der Waals surface area contributed by atoms with E-state index < -0.39 is 0 Å². The maximum Gasteiger partial charge on any atom is 0.00166 e. The van der Waals surface area contributed by atoms with E-state index >= 15 is 0 Å². The van der Waals surface area contributed by atoms with E-state index in [1.807, 2.05) is 0 Å². The minimum absolute atomic E-state index is 0. The molecule has 0 aliphatic carbocycles. The quantitative estimate of drug-likeness (QED) is 0.238. The van der Waals surface area contributed by atoms with Gasteiger partial charge in [0.2, 0.25) is 0 Å². The fraction of sp³-hybridized carbons (Fsp3) is 0.750. The normalized spacial score (nSPS) is 13.3. The van der Waals surface area contributed by atoms with Gasteiger partial charge in [0.25, 0.3) is 0 Å². The van der Waals surface area contributed by atoms with E-state index in [0.29, 0.717) is 21.0 Å². The Balaban J connectivity index is -0.000000372. The van der Waals surface area contributed by atoms with Crippen molar-refractivity contribution in [3.8, 4) is 0 Å². The Kier molecular flexibility index (Phi) is 23.4. The Bertz CT molecular complexity index is 329. The first kappa shape index (κ1) is 31.9. The second-order valence-corrected chi connectivity index (χ2v) is 14.8. The molecule has 154 valence electrons. The zero-order chi connectivity index (χ0) is 19.4. The van der Waals surface area contributed by atoms with Gasteiger partial charge in [0.05, 0.1) is 0 Å². The van der Waals surface area contributed by atoms with E-state index in [4.69, 9.17) is 50.5 Å². The average molecular weight is 536 g/mol. The van der Waals surface area contributed by atoms with E-state index in [1.165, 1.54) is 0 Å².